The number of nitrogens with one attached hydrogen (secondary N) is 1. The lowest BCUT2D eigenvalue weighted by Gasteiger charge is -2.24. The summed E-state index contributed by atoms with van der Waals surface area (Å²) in [6, 6.07) is 0. The molecule has 0 aromatic carbocycles. The number of rotatable bonds is 3. The van der Waals surface area contributed by atoms with E-state index in [1.54, 1.807) is 0 Å². The van der Waals surface area contributed by atoms with Crippen LogP contribution in [0.4, 0.5) is 0 Å². The van der Waals surface area contributed by atoms with Gasteiger partial charge < -0.3 is 15.0 Å². The van der Waals surface area contributed by atoms with Gasteiger partial charge >= 0.3 is 5.97 Å². The van der Waals surface area contributed by atoms with Gasteiger partial charge in [0.25, 0.3) is 0 Å². The van der Waals surface area contributed by atoms with E-state index in [1.807, 2.05) is 27.7 Å². The summed E-state index contributed by atoms with van der Waals surface area (Å²) in [6.07, 6.45) is 1.14. The van der Waals surface area contributed by atoms with Gasteiger partial charge in [-0.2, -0.15) is 0 Å². The molecule has 0 amide bonds. The maximum atomic E-state index is 11.7. The summed E-state index contributed by atoms with van der Waals surface area (Å²) in [4.78, 5) is 18.4. The topological polar surface area (TPSA) is 53.9 Å². The second kappa shape index (κ2) is 8.19. The molecule has 0 aliphatic carbocycles. The largest absolute Gasteiger partial charge is 0.459 e. The van der Waals surface area contributed by atoms with Crippen molar-refractivity contribution in [2.24, 2.45) is 10.4 Å². The number of likely N-dealkylation sites (tertiary alicyclic amines) is 1. The van der Waals surface area contributed by atoms with Crippen LogP contribution >= 0.6 is 24.0 Å². The normalized spacial score (nSPS) is 18.2. The number of carbonyl (C=O) groups is 1. The number of carbonyl (C=O) groups excluding carboxylic acids is 1. The van der Waals surface area contributed by atoms with Crippen LogP contribution in [-0.2, 0) is 9.53 Å². The first-order valence-electron chi connectivity index (χ1n) is 7.38. The third-order valence-corrected chi connectivity index (χ3v) is 3.09. The van der Waals surface area contributed by atoms with E-state index in [9.17, 15) is 4.79 Å². The summed E-state index contributed by atoms with van der Waals surface area (Å²) < 4.78 is 5.28. The van der Waals surface area contributed by atoms with E-state index in [4.69, 9.17) is 4.74 Å². The van der Waals surface area contributed by atoms with Crippen LogP contribution in [0.1, 0.15) is 48.0 Å². The smallest absolute Gasteiger partial charge is 0.328 e. The monoisotopic (exact) mass is 411 g/mol. The number of aliphatic imine (C=N–C) groups is 1. The van der Waals surface area contributed by atoms with Crippen molar-refractivity contribution in [3.05, 3.63) is 0 Å². The number of halogens is 1. The number of esters is 1. The fraction of sp³-hybridized carbons (Fsp3) is 0.867. The highest BCUT2D eigenvalue weighted by atomic mass is 127. The van der Waals surface area contributed by atoms with Gasteiger partial charge in [0.15, 0.2) is 5.96 Å². The number of hydrogen-bond acceptors (Lipinski definition) is 3. The Morgan fingerprint density at radius 3 is 2.43 bits per heavy atom. The number of nitrogens with zero attached hydrogens (tertiary/aromatic N) is 2. The lowest BCUT2D eigenvalue weighted by molar-refractivity contribution is -0.152. The molecule has 1 saturated heterocycles. The second-order valence-corrected chi connectivity index (χ2v) is 7.09. The minimum atomic E-state index is -0.458. The van der Waals surface area contributed by atoms with Crippen molar-refractivity contribution >= 4 is 35.9 Å². The van der Waals surface area contributed by atoms with Crippen LogP contribution in [-0.4, -0.2) is 48.6 Å². The van der Waals surface area contributed by atoms with Gasteiger partial charge in [-0.25, -0.2) is 4.99 Å². The zero-order chi connectivity index (χ0) is 15.4. The first kappa shape index (κ1) is 20.5. The summed E-state index contributed by atoms with van der Waals surface area (Å²) in [5.74, 6) is 0.523. The van der Waals surface area contributed by atoms with E-state index in [0.717, 1.165) is 32.0 Å². The lowest BCUT2D eigenvalue weighted by atomic mass is 9.93. The SMILES string of the molecule is CCNC(=NCC(=O)OC(C)(C)C)N1CCC(C)(C)C1.I. The summed E-state index contributed by atoms with van der Waals surface area (Å²) in [6.45, 7) is 14.9. The molecule has 0 saturated carbocycles. The maximum absolute atomic E-state index is 11.7. The van der Waals surface area contributed by atoms with Crippen molar-refractivity contribution in [2.45, 2.75) is 53.6 Å². The van der Waals surface area contributed by atoms with E-state index < -0.39 is 5.60 Å². The van der Waals surface area contributed by atoms with Crippen molar-refractivity contribution in [2.75, 3.05) is 26.2 Å². The molecular weight excluding hydrogens is 381 g/mol. The average Bonchev–Trinajstić information content (AvgIpc) is 2.62. The molecule has 1 rings (SSSR count). The van der Waals surface area contributed by atoms with Gasteiger partial charge in [0.2, 0.25) is 0 Å². The molecule has 1 aliphatic heterocycles. The molecule has 6 heteroatoms. The van der Waals surface area contributed by atoms with Gasteiger partial charge in [-0.1, -0.05) is 13.8 Å². The van der Waals surface area contributed by atoms with E-state index in [1.165, 1.54) is 0 Å². The lowest BCUT2D eigenvalue weighted by Crippen LogP contribution is -2.41. The van der Waals surface area contributed by atoms with E-state index >= 15 is 0 Å². The molecule has 1 fully saturated rings. The van der Waals surface area contributed by atoms with Crippen LogP contribution in [0.5, 0.6) is 0 Å². The van der Waals surface area contributed by atoms with E-state index in [-0.39, 0.29) is 36.5 Å². The first-order valence-corrected chi connectivity index (χ1v) is 7.38. The van der Waals surface area contributed by atoms with Crippen LogP contribution in [0.15, 0.2) is 4.99 Å². The molecule has 124 valence electrons. The van der Waals surface area contributed by atoms with Gasteiger partial charge in [0.05, 0.1) is 0 Å². The summed E-state index contributed by atoms with van der Waals surface area (Å²) in [5.41, 5.74) is -0.150. The van der Waals surface area contributed by atoms with Gasteiger partial charge in [0, 0.05) is 19.6 Å². The van der Waals surface area contributed by atoms with E-state index in [0.29, 0.717) is 5.41 Å². The van der Waals surface area contributed by atoms with Crippen molar-refractivity contribution in [1.29, 1.82) is 0 Å². The quantitative estimate of drug-likeness (QED) is 0.336. The first-order chi connectivity index (χ1) is 9.13. The number of ether oxygens (including phenoxy) is 1. The molecule has 0 aromatic heterocycles. The van der Waals surface area contributed by atoms with Crippen LogP contribution in [0, 0.1) is 5.41 Å². The molecule has 1 aliphatic rings. The predicted molar refractivity (Wildman–Crippen MR) is 97.2 cm³/mol. The Labute approximate surface area is 145 Å². The van der Waals surface area contributed by atoms with Crippen molar-refractivity contribution < 1.29 is 9.53 Å². The zero-order valence-electron chi connectivity index (χ0n) is 14.2. The van der Waals surface area contributed by atoms with E-state index in [2.05, 4.69) is 29.1 Å². The van der Waals surface area contributed by atoms with Gasteiger partial charge in [0.1, 0.15) is 12.1 Å². The molecule has 21 heavy (non-hydrogen) atoms. The van der Waals surface area contributed by atoms with Gasteiger partial charge in [-0.3, -0.25) is 4.79 Å². The fourth-order valence-electron chi connectivity index (χ4n) is 2.23. The molecule has 0 unspecified atom stereocenters. The van der Waals surface area contributed by atoms with Gasteiger partial charge in [-0.15, -0.1) is 24.0 Å². The Kier molecular flexibility index (Phi) is 7.99. The standard InChI is InChI=1S/C15H29N3O2.HI/c1-7-16-13(18-9-8-15(5,6)11-18)17-10-12(19)20-14(2,3)4;/h7-11H2,1-6H3,(H,16,17);1H. The molecule has 1 heterocycles. The molecule has 0 aromatic rings. The number of hydrogen-bond donors (Lipinski definition) is 1. The molecule has 0 atom stereocenters. The third-order valence-electron chi connectivity index (χ3n) is 3.09. The Morgan fingerprint density at radius 2 is 2.00 bits per heavy atom. The van der Waals surface area contributed by atoms with Crippen molar-refractivity contribution in [3.8, 4) is 0 Å². The summed E-state index contributed by atoms with van der Waals surface area (Å²) in [5, 5.41) is 3.25. The molecule has 0 radical (unpaired) electrons. The average molecular weight is 411 g/mol. The second-order valence-electron chi connectivity index (χ2n) is 7.09. The molecule has 0 bridgehead atoms. The minimum Gasteiger partial charge on any atom is -0.459 e. The Bertz CT molecular complexity index is 376. The van der Waals surface area contributed by atoms with Crippen LogP contribution in [0.3, 0.4) is 0 Å². The highest BCUT2D eigenvalue weighted by Gasteiger charge is 2.31. The highest BCUT2D eigenvalue weighted by Crippen LogP contribution is 2.28. The maximum Gasteiger partial charge on any atom is 0.328 e. The molecule has 1 N–H and O–H groups in total. The summed E-state index contributed by atoms with van der Waals surface area (Å²) >= 11 is 0. The molecular formula is C15H30IN3O2. The van der Waals surface area contributed by atoms with Crippen molar-refractivity contribution in [3.63, 3.8) is 0 Å². The Balaban J connectivity index is 0.00000400. The van der Waals surface area contributed by atoms with Crippen LogP contribution < -0.4 is 5.32 Å². The Hall–Kier alpha value is -0.530. The predicted octanol–water partition coefficient (Wildman–Crippen LogP) is 2.64. The van der Waals surface area contributed by atoms with Crippen LogP contribution in [0.2, 0.25) is 0 Å². The zero-order valence-corrected chi connectivity index (χ0v) is 16.5. The van der Waals surface area contributed by atoms with Crippen molar-refractivity contribution in [1.82, 2.24) is 10.2 Å². The highest BCUT2D eigenvalue weighted by molar-refractivity contribution is 14.0. The fourth-order valence-corrected chi connectivity index (χ4v) is 2.23. The minimum absolute atomic E-state index is 0. The van der Waals surface area contributed by atoms with Gasteiger partial charge in [-0.05, 0) is 39.5 Å². The number of guanidine groups is 1. The molecule has 0 spiro atoms. The van der Waals surface area contributed by atoms with Crippen LogP contribution in [0.25, 0.3) is 0 Å². The molecule has 5 nitrogen and oxygen atoms in total. The Morgan fingerprint density at radius 1 is 1.38 bits per heavy atom. The third kappa shape index (κ3) is 7.87. The summed E-state index contributed by atoms with van der Waals surface area (Å²) in [7, 11) is 0.